The van der Waals surface area contributed by atoms with E-state index >= 15 is 0 Å². The largest absolute Gasteiger partial charge is 0.494 e. The highest BCUT2D eigenvalue weighted by atomic mass is 16.5. The fraction of sp³-hybridized carbons (Fsp3) is 0.700. The number of aliphatic hydroxyl groups is 1. The van der Waals surface area contributed by atoms with Gasteiger partial charge < -0.3 is 14.6 Å². The second-order valence-corrected chi connectivity index (χ2v) is 6.57. The van der Waals surface area contributed by atoms with Gasteiger partial charge in [-0.15, -0.1) is 0 Å². The summed E-state index contributed by atoms with van der Waals surface area (Å²) in [4.78, 5) is 2.25. The number of rotatable bonds is 11. The van der Waals surface area contributed by atoms with Crippen molar-refractivity contribution in [2.75, 3.05) is 39.5 Å². The van der Waals surface area contributed by atoms with Gasteiger partial charge in [0.25, 0.3) is 0 Å². The highest BCUT2D eigenvalue weighted by Crippen LogP contribution is 2.24. The molecule has 1 unspecified atom stereocenters. The number of β-amino-alcohol motifs (C(OH)–C–C–N with tert-alkyl or cyclic N) is 1. The monoisotopic (exact) mass is 335 g/mol. The molecule has 1 aliphatic rings. The lowest BCUT2D eigenvalue weighted by molar-refractivity contribution is -0.0338. The first kappa shape index (κ1) is 19.2. The van der Waals surface area contributed by atoms with Crippen molar-refractivity contribution in [2.24, 2.45) is 0 Å². The van der Waals surface area contributed by atoms with Crippen LogP contribution in [-0.2, 0) is 4.74 Å². The van der Waals surface area contributed by atoms with E-state index in [1.807, 2.05) is 12.1 Å². The third kappa shape index (κ3) is 6.80. The first-order valence-corrected chi connectivity index (χ1v) is 9.51. The molecule has 0 aromatic heterocycles. The first-order chi connectivity index (χ1) is 11.8. The van der Waals surface area contributed by atoms with Crippen LogP contribution in [-0.4, -0.2) is 49.5 Å². The summed E-state index contributed by atoms with van der Waals surface area (Å²) < 4.78 is 11.7. The highest BCUT2D eigenvalue weighted by molar-refractivity contribution is 5.29. The van der Waals surface area contributed by atoms with Gasteiger partial charge in [0.1, 0.15) is 5.75 Å². The summed E-state index contributed by atoms with van der Waals surface area (Å²) >= 11 is 0. The summed E-state index contributed by atoms with van der Waals surface area (Å²) in [6.45, 7) is 6.44. The van der Waals surface area contributed by atoms with Crippen molar-refractivity contribution in [1.82, 2.24) is 4.90 Å². The molecule has 1 heterocycles. The molecule has 4 heteroatoms. The van der Waals surface area contributed by atoms with E-state index in [1.165, 1.54) is 37.7 Å². The van der Waals surface area contributed by atoms with Gasteiger partial charge in [-0.05, 0) is 24.1 Å². The van der Waals surface area contributed by atoms with E-state index in [0.717, 1.165) is 45.0 Å². The van der Waals surface area contributed by atoms with Crippen molar-refractivity contribution in [2.45, 2.75) is 51.6 Å². The first-order valence-electron chi connectivity index (χ1n) is 9.51. The molecule has 1 aromatic rings. The second-order valence-electron chi connectivity index (χ2n) is 6.57. The molecule has 1 saturated heterocycles. The number of morpholine rings is 1. The van der Waals surface area contributed by atoms with Gasteiger partial charge in [0.2, 0.25) is 0 Å². The van der Waals surface area contributed by atoms with Crippen molar-refractivity contribution in [3.63, 3.8) is 0 Å². The van der Waals surface area contributed by atoms with Crippen molar-refractivity contribution >= 4 is 0 Å². The number of hydrogen-bond donors (Lipinski definition) is 1. The molecule has 1 aromatic carbocycles. The maximum absolute atomic E-state index is 9.08. The summed E-state index contributed by atoms with van der Waals surface area (Å²) in [5.74, 6) is 0.940. The molecule has 0 aliphatic carbocycles. The van der Waals surface area contributed by atoms with E-state index in [0.29, 0.717) is 0 Å². The van der Waals surface area contributed by atoms with E-state index in [9.17, 15) is 0 Å². The van der Waals surface area contributed by atoms with Gasteiger partial charge in [-0.2, -0.15) is 0 Å². The predicted octanol–water partition coefficient (Wildman–Crippen LogP) is 3.79. The van der Waals surface area contributed by atoms with Gasteiger partial charge in [0, 0.05) is 19.6 Å². The Labute approximate surface area is 146 Å². The molecule has 1 aliphatic heterocycles. The summed E-state index contributed by atoms with van der Waals surface area (Å²) in [5, 5.41) is 9.08. The van der Waals surface area contributed by atoms with Crippen LogP contribution in [0.5, 0.6) is 5.75 Å². The molecular formula is C20H33NO3. The smallest absolute Gasteiger partial charge is 0.119 e. The highest BCUT2D eigenvalue weighted by Gasteiger charge is 2.21. The molecule has 1 atom stereocenters. The van der Waals surface area contributed by atoms with Gasteiger partial charge >= 0.3 is 0 Å². The topological polar surface area (TPSA) is 41.9 Å². The minimum Gasteiger partial charge on any atom is -0.494 e. The quantitative estimate of drug-likeness (QED) is 0.625. The van der Waals surface area contributed by atoms with Crippen LogP contribution >= 0.6 is 0 Å². The third-order valence-corrected chi connectivity index (χ3v) is 4.59. The lowest BCUT2D eigenvalue weighted by atomic mass is 10.1. The standard InChI is InChI=1S/C20H33NO3/c1-2-3-4-5-6-7-15-23-19-10-8-18(9-11-19)20-17-21(12-14-22)13-16-24-20/h8-11,20,22H,2-7,12-17H2,1H3. The Bertz CT molecular complexity index is 433. The Kier molecular flexibility index (Phi) is 9.18. The Morgan fingerprint density at radius 1 is 1.12 bits per heavy atom. The normalized spacial score (nSPS) is 18.7. The minimum absolute atomic E-state index is 0.0953. The molecule has 0 amide bonds. The summed E-state index contributed by atoms with van der Waals surface area (Å²) in [7, 11) is 0. The zero-order chi connectivity index (χ0) is 17.0. The van der Waals surface area contributed by atoms with Crippen LogP contribution in [0.25, 0.3) is 0 Å². The Balaban J connectivity index is 1.68. The van der Waals surface area contributed by atoms with E-state index < -0.39 is 0 Å². The van der Waals surface area contributed by atoms with Crippen LogP contribution in [0.2, 0.25) is 0 Å². The van der Waals surface area contributed by atoms with E-state index in [1.54, 1.807) is 0 Å². The van der Waals surface area contributed by atoms with Crippen LogP contribution in [0.3, 0.4) is 0 Å². The molecule has 4 nitrogen and oxygen atoms in total. The van der Waals surface area contributed by atoms with Crippen molar-refractivity contribution in [3.8, 4) is 5.75 Å². The fourth-order valence-electron chi connectivity index (χ4n) is 3.10. The molecule has 24 heavy (non-hydrogen) atoms. The van der Waals surface area contributed by atoms with Crippen LogP contribution in [0.4, 0.5) is 0 Å². The Morgan fingerprint density at radius 3 is 2.62 bits per heavy atom. The predicted molar refractivity (Wildman–Crippen MR) is 97.5 cm³/mol. The second kappa shape index (κ2) is 11.5. The van der Waals surface area contributed by atoms with Crippen LogP contribution in [0, 0.1) is 0 Å². The number of unbranched alkanes of at least 4 members (excludes halogenated alkanes) is 5. The van der Waals surface area contributed by atoms with E-state index in [4.69, 9.17) is 14.6 Å². The molecule has 2 rings (SSSR count). The number of nitrogens with zero attached hydrogens (tertiary/aromatic N) is 1. The molecule has 0 spiro atoms. The minimum atomic E-state index is 0.0953. The maximum Gasteiger partial charge on any atom is 0.119 e. The molecular weight excluding hydrogens is 302 g/mol. The van der Waals surface area contributed by atoms with Crippen LogP contribution in [0.15, 0.2) is 24.3 Å². The molecule has 1 N–H and O–H groups in total. The maximum atomic E-state index is 9.08. The average Bonchev–Trinajstić information content (AvgIpc) is 2.62. The van der Waals surface area contributed by atoms with E-state index in [-0.39, 0.29) is 12.7 Å². The van der Waals surface area contributed by atoms with Crippen molar-refractivity contribution in [1.29, 1.82) is 0 Å². The molecule has 0 saturated carbocycles. The molecule has 1 fully saturated rings. The molecule has 0 bridgehead atoms. The lowest BCUT2D eigenvalue weighted by Crippen LogP contribution is -2.39. The average molecular weight is 335 g/mol. The number of hydrogen-bond acceptors (Lipinski definition) is 4. The summed E-state index contributed by atoms with van der Waals surface area (Å²) in [6, 6.07) is 8.29. The Hall–Kier alpha value is -1.10. The zero-order valence-electron chi connectivity index (χ0n) is 15.1. The SMILES string of the molecule is CCCCCCCCOc1ccc(C2CN(CCO)CCO2)cc1. The third-order valence-electron chi connectivity index (χ3n) is 4.59. The lowest BCUT2D eigenvalue weighted by Gasteiger charge is -2.32. The number of benzene rings is 1. The van der Waals surface area contributed by atoms with Gasteiger partial charge in [-0.25, -0.2) is 0 Å². The van der Waals surface area contributed by atoms with Gasteiger partial charge in [-0.1, -0.05) is 51.2 Å². The summed E-state index contributed by atoms with van der Waals surface area (Å²) in [6.07, 6.45) is 7.80. The zero-order valence-corrected chi connectivity index (χ0v) is 15.1. The van der Waals surface area contributed by atoms with Gasteiger partial charge in [-0.3, -0.25) is 4.90 Å². The fourth-order valence-corrected chi connectivity index (χ4v) is 3.10. The number of ether oxygens (including phenoxy) is 2. The van der Waals surface area contributed by atoms with Gasteiger partial charge in [0.15, 0.2) is 0 Å². The van der Waals surface area contributed by atoms with Crippen molar-refractivity contribution in [3.05, 3.63) is 29.8 Å². The van der Waals surface area contributed by atoms with Crippen LogP contribution in [0.1, 0.15) is 57.1 Å². The summed E-state index contributed by atoms with van der Waals surface area (Å²) in [5.41, 5.74) is 1.18. The van der Waals surface area contributed by atoms with Crippen molar-refractivity contribution < 1.29 is 14.6 Å². The van der Waals surface area contributed by atoms with Crippen LogP contribution < -0.4 is 4.74 Å². The Morgan fingerprint density at radius 2 is 1.88 bits per heavy atom. The van der Waals surface area contributed by atoms with Gasteiger partial charge in [0.05, 0.1) is 25.9 Å². The number of aliphatic hydroxyl groups excluding tert-OH is 1. The molecule has 136 valence electrons. The van der Waals surface area contributed by atoms with E-state index in [2.05, 4.69) is 24.0 Å². The molecule has 0 radical (unpaired) electrons.